The van der Waals surface area contributed by atoms with Gasteiger partial charge in [0, 0.05) is 12.6 Å². The summed E-state index contributed by atoms with van der Waals surface area (Å²) in [5.74, 6) is 0.891. The number of aromatic nitrogens is 1. The summed E-state index contributed by atoms with van der Waals surface area (Å²) in [7, 11) is 0. The van der Waals surface area contributed by atoms with Crippen molar-refractivity contribution in [3.63, 3.8) is 0 Å². The molecular weight excluding hydrogens is 331 g/mol. The van der Waals surface area contributed by atoms with Crippen molar-refractivity contribution in [1.29, 1.82) is 0 Å². The predicted octanol–water partition coefficient (Wildman–Crippen LogP) is 4.01. The fourth-order valence-electron chi connectivity index (χ4n) is 3.65. The number of alkyl halides is 3. The molecule has 1 aromatic carbocycles. The Morgan fingerprint density at radius 2 is 2.00 bits per heavy atom. The van der Waals surface area contributed by atoms with Gasteiger partial charge in [0.05, 0.1) is 10.4 Å². The van der Waals surface area contributed by atoms with Crippen molar-refractivity contribution in [1.82, 2.24) is 10.1 Å². The van der Waals surface area contributed by atoms with Gasteiger partial charge in [0.25, 0.3) is 0 Å². The van der Waals surface area contributed by atoms with E-state index in [1.807, 2.05) is 0 Å². The van der Waals surface area contributed by atoms with Crippen molar-refractivity contribution in [2.24, 2.45) is 5.92 Å². The number of rotatable bonds is 2. The summed E-state index contributed by atoms with van der Waals surface area (Å²) in [6, 6.07) is 2.95. The third-order valence-electron chi connectivity index (χ3n) is 4.85. The van der Waals surface area contributed by atoms with E-state index in [4.69, 9.17) is 16.1 Å². The Labute approximate surface area is 135 Å². The summed E-state index contributed by atoms with van der Waals surface area (Å²) >= 11 is 5.71. The smallest absolute Gasteiger partial charge is 0.362 e. The van der Waals surface area contributed by atoms with Crippen LogP contribution in [0.5, 0.6) is 0 Å². The second-order valence-corrected chi connectivity index (χ2v) is 6.62. The highest BCUT2D eigenvalue weighted by Crippen LogP contribution is 2.42. The Morgan fingerprint density at radius 3 is 2.61 bits per heavy atom. The molecule has 4 nitrogen and oxygen atoms in total. The third kappa shape index (κ3) is 2.55. The maximum Gasteiger partial charge on any atom is 0.421 e. The standard InChI is InChI=1S/C15H15ClF3N3O/c16-10-2-1-9-13(12(10)15(17,18)19)23-21-14(9)20-11-7-22-5-3-8(11)4-6-22/h1-2,8,11H,3-7H2,(H,20,21)/t11-/m0/s1. The molecule has 0 saturated carbocycles. The SMILES string of the molecule is FC(F)(F)c1c(Cl)ccc2c(N[C@H]3CN4CCC3CC4)noc12. The molecule has 5 rings (SSSR count). The Hall–Kier alpha value is -1.47. The highest BCUT2D eigenvalue weighted by molar-refractivity contribution is 6.32. The van der Waals surface area contributed by atoms with Crippen LogP contribution in [-0.2, 0) is 6.18 Å². The number of fused-ring (bicyclic) bond motifs is 4. The zero-order valence-electron chi connectivity index (χ0n) is 12.2. The van der Waals surface area contributed by atoms with E-state index >= 15 is 0 Å². The second kappa shape index (κ2) is 5.27. The minimum atomic E-state index is -4.58. The summed E-state index contributed by atoms with van der Waals surface area (Å²) in [5.41, 5.74) is -1.28. The fourth-order valence-corrected chi connectivity index (χ4v) is 3.91. The van der Waals surface area contributed by atoms with E-state index in [0.717, 1.165) is 32.5 Å². The summed E-state index contributed by atoms with van der Waals surface area (Å²) in [6.07, 6.45) is -2.37. The number of hydrogen-bond donors (Lipinski definition) is 1. The molecule has 0 amide bonds. The van der Waals surface area contributed by atoms with Crippen LogP contribution in [0.3, 0.4) is 0 Å². The lowest BCUT2D eigenvalue weighted by atomic mass is 9.84. The quantitative estimate of drug-likeness (QED) is 0.893. The van der Waals surface area contributed by atoms with E-state index in [1.165, 1.54) is 12.1 Å². The van der Waals surface area contributed by atoms with Crippen molar-refractivity contribution < 1.29 is 17.7 Å². The van der Waals surface area contributed by atoms with E-state index in [1.54, 1.807) is 0 Å². The van der Waals surface area contributed by atoms with Crippen LogP contribution in [0.25, 0.3) is 11.0 Å². The molecule has 3 fully saturated rings. The Morgan fingerprint density at radius 1 is 1.26 bits per heavy atom. The van der Waals surface area contributed by atoms with Gasteiger partial charge in [0.2, 0.25) is 0 Å². The second-order valence-electron chi connectivity index (χ2n) is 6.22. The molecule has 4 heterocycles. The van der Waals surface area contributed by atoms with Crippen molar-refractivity contribution in [2.75, 3.05) is 25.0 Å². The van der Waals surface area contributed by atoms with E-state index in [9.17, 15) is 13.2 Å². The van der Waals surface area contributed by atoms with Gasteiger partial charge in [-0.1, -0.05) is 16.8 Å². The molecule has 0 spiro atoms. The molecule has 1 N–H and O–H groups in total. The molecule has 124 valence electrons. The molecule has 3 saturated heterocycles. The van der Waals surface area contributed by atoms with E-state index in [2.05, 4.69) is 15.4 Å². The first-order valence-electron chi connectivity index (χ1n) is 7.57. The van der Waals surface area contributed by atoms with Crippen molar-refractivity contribution in [3.05, 3.63) is 22.7 Å². The number of anilines is 1. The van der Waals surface area contributed by atoms with Crippen molar-refractivity contribution in [2.45, 2.75) is 25.1 Å². The highest BCUT2D eigenvalue weighted by Gasteiger charge is 2.39. The van der Waals surface area contributed by atoms with Gasteiger partial charge in [-0.05, 0) is 44.0 Å². The summed E-state index contributed by atoms with van der Waals surface area (Å²) < 4.78 is 44.5. The van der Waals surface area contributed by atoms with Crippen LogP contribution in [0.1, 0.15) is 18.4 Å². The highest BCUT2D eigenvalue weighted by atomic mass is 35.5. The molecule has 2 aromatic rings. The average Bonchev–Trinajstić information content (AvgIpc) is 2.89. The van der Waals surface area contributed by atoms with Gasteiger partial charge in [-0.15, -0.1) is 0 Å². The molecule has 0 radical (unpaired) electrons. The van der Waals surface area contributed by atoms with Crippen LogP contribution in [0, 0.1) is 5.92 Å². The number of halogens is 4. The van der Waals surface area contributed by atoms with Crippen molar-refractivity contribution >= 4 is 28.4 Å². The van der Waals surface area contributed by atoms with Gasteiger partial charge in [-0.3, -0.25) is 0 Å². The largest absolute Gasteiger partial charge is 0.421 e. The van der Waals surface area contributed by atoms with E-state index in [0.29, 0.717) is 17.1 Å². The van der Waals surface area contributed by atoms with Gasteiger partial charge < -0.3 is 14.7 Å². The first kappa shape index (κ1) is 15.1. The van der Waals surface area contributed by atoms with Crippen LogP contribution in [0.4, 0.5) is 19.0 Å². The van der Waals surface area contributed by atoms with Gasteiger partial charge in [0.1, 0.15) is 5.56 Å². The Balaban J connectivity index is 1.69. The zero-order valence-corrected chi connectivity index (χ0v) is 12.9. The summed E-state index contributed by atoms with van der Waals surface area (Å²) in [5, 5.41) is 7.04. The molecule has 2 bridgehead atoms. The van der Waals surface area contributed by atoms with Crippen LogP contribution >= 0.6 is 11.6 Å². The molecule has 1 aromatic heterocycles. The molecule has 8 heteroatoms. The third-order valence-corrected chi connectivity index (χ3v) is 5.17. The van der Waals surface area contributed by atoms with Gasteiger partial charge in [0.15, 0.2) is 11.4 Å². The number of piperidine rings is 3. The minimum absolute atomic E-state index is 0.191. The lowest BCUT2D eigenvalue weighted by molar-refractivity contribution is -0.136. The molecule has 1 atom stereocenters. The van der Waals surface area contributed by atoms with E-state index in [-0.39, 0.29) is 16.6 Å². The zero-order chi connectivity index (χ0) is 16.2. The maximum absolute atomic E-state index is 13.2. The van der Waals surface area contributed by atoms with Gasteiger partial charge in [-0.25, -0.2) is 0 Å². The lowest BCUT2D eigenvalue weighted by Gasteiger charge is -2.44. The Kier molecular flexibility index (Phi) is 3.46. The number of nitrogens with one attached hydrogen (secondary N) is 1. The van der Waals surface area contributed by atoms with Gasteiger partial charge in [-0.2, -0.15) is 13.2 Å². The molecule has 3 aliphatic heterocycles. The number of hydrogen-bond acceptors (Lipinski definition) is 4. The topological polar surface area (TPSA) is 41.3 Å². The average molecular weight is 346 g/mol. The first-order chi connectivity index (χ1) is 10.9. The Bertz CT molecular complexity index is 737. The molecular formula is C15H15ClF3N3O. The monoisotopic (exact) mass is 345 g/mol. The van der Waals surface area contributed by atoms with E-state index < -0.39 is 11.7 Å². The van der Waals surface area contributed by atoms with Crippen LogP contribution in [0.2, 0.25) is 5.02 Å². The first-order valence-corrected chi connectivity index (χ1v) is 7.95. The molecule has 23 heavy (non-hydrogen) atoms. The number of benzene rings is 1. The number of nitrogens with zero attached hydrogens (tertiary/aromatic N) is 2. The molecule has 3 aliphatic rings. The molecule has 0 aliphatic carbocycles. The fraction of sp³-hybridized carbons (Fsp3) is 0.533. The molecule has 0 unspecified atom stereocenters. The summed E-state index contributed by atoms with van der Waals surface area (Å²) in [6.45, 7) is 3.07. The van der Waals surface area contributed by atoms with Crippen LogP contribution in [-0.4, -0.2) is 35.7 Å². The lowest BCUT2D eigenvalue weighted by Crippen LogP contribution is -2.53. The van der Waals surface area contributed by atoms with Crippen LogP contribution < -0.4 is 5.32 Å². The van der Waals surface area contributed by atoms with Crippen LogP contribution in [0.15, 0.2) is 16.7 Å². The maximum atomic E-state index is 13.2. The van der Waals surface area contributed by atoms with Gasteiger partial charge >= 0.3 is 6.18 Å². The predicted molar refractivity (Wildman–Crippen MR) is 80.6 cm³/mol. The minimum Gasteiger partial charge on any atom is -0.362 e. The normalized spacial score (nSPS) is 27.6. The van der Waals surface area contributed by atoms with Crippen molar-refractivity contribution in [3.8, 4) is 0 Å². The summed E-state index contributed by atoms with van der Waals surface area (Å²) in [4.78, 5) is 2.36.